The van der Waals surface area contributed by atoms with Gasteiger partial charge in [-0.25, -0.2) is 4.39 Å². The zero-order chi connectivity index (χ0) is 11.1. The van der Waals surface area contributed by atoms with E-state index in [1.54, 1.807) is 6.07 Å². The molecular weight excluding hydrogens is 189 g/mol. The number of rotatable bonds is 6. The molecule has 0 aliphatic rings. The normalized spacial score (nSPS) is 10.9. The average Bonchev–Trinajstić information content (AvgIpc) is 2.22. The highest BCUT2D eigenvalue weighted by molar-refractivity contribution is 5.16. The highest BCUT2D eigenvalue weighted by atomic mass is 19.1. The molecule has 0 aromatic heterocycles. The maximum absolute atomic E-state index is 13.3. The molecule has 15 heavy (non-hydrogen) atoms. The van der Waals surface area contributed by atoms with Crippen LogP contribution in [-0.4, -0.2) is 18.5 Å². The molecule has 0 radical (unpaired) electrons. The zero-order valence-corrected chi connectivity index (χ0v) is 9.67. The molecule has 0 N–H and O–H groups in total. The summed E-state index contributed by atoms with van der Waals surface area (Å²) in [4.78, 5) is 2.17. The second-order valence-corrected chi connectivity index (χ2v) is 4.04. The van der Waals surface area contributed by atoms with Crippen molar-refractivity contribution in [3.05, 3.63) is 35.6 Å². The molecule has 2 heteroatoms. The molecule has 1 aromatic carbocycles. The smallest absolute Gasteiger partial charge is 0.127 e. The maximum Gasteiger partial charge on any atom is 0.127 e. The van der Waals surface area contributed by atoms with Crippen LogP contribution in [0.4, 0.5) is 4.39 Å². The van der Waals surface area contributed by atoms with Gasteiger partial charge in [-0.05, 0) is 26.1 Å². The van der Waals surface area contributed by atoms with Crippen LogP contribution in [0.3, 0.4) is 0 Å². The Morgan fingerprint density at radius 1 is 1.20 bits per heavy atom. The molecule has 0 amide bonds. The predicted octanol–water partition coefficient (Wildman–Crippen LogP) is 3.45. The lowest BCUT2D eigenvalue weighted by molar-refractivity contribution is 0.313. The van der Waals surface area contributed by atoms with Crippen LogP contribution in [0.15, 0.2) is 24.3 Å². The van der Waals surface area contributed by atoms with Gasteiger partial charge in [0.1, 0.15) is 5.82 Å². The number of hydrogen-bond acceptors (Lipinski definition) is 1. The van der Waals surface area contributed by atoms with E-state index in [0.29, 0.717) is 6.54 Å². The molecule has 0 bridgehead atoms. The molecule has 0 fully saturated rings. The molecule has 0 aliphatic carbocycles. The van der Waals surface area contributed by atoms with Crippen molar-refractivity contribution in [2.45, 2.75) is 32.7 Å². The Morgan fingerprint density at radius 2 is 1.93 bits per heavy atom. The van der Waals surface area contributed by atoms with E-state index in [2.05, 4.69) is 11.8 Å². The van der Waals surface area contributed by atoms with Crippen LogP contribution in [0.5, 0.6) is 0 Å². The first-order valence-electron chi connectivity index (χ1n) is 5.66. The van der Waals surface area contributed by atoms with Crippen LogP contribution in [0.1, 0.15) is 31.7 Å². The van der Waals surface area contributed by atoms with Gasteiger partial charge in [0.05, 0.1) is 0 Å². The molecule has 0 unspecified atom stereocenters. The molecule has 0 heterocycles. The maximum atomic E-state index is 13.3. The van der Waals surface area contributed by atoms with Crippen molar-refractivity contribution < 1.29 is 4.39 Å². The summed E-state index contributed by atoms with van der Waals surface area (Å²) < 4.78 is 13.3. The lowest BCUT2D eigenvalue weighted by Gasteiger charge is -2.16. The number of nitrogens with zero attached hydrogens (tertiary/aromatic N) is 1. The summed E-state index contributed by atoms with van der Waals surface area (Å²) in [7, 11) is 2.04. The lowest BCUT2D eigenvalue weighted by Crippen LogP contribution is -2.19. The van der Waals surface area contributed by atoms with Crippen LogP contribution in [-0.2, 0) is 6.54 Å². The molecule has 0 spiro atoms. The topological polar surface area (TPSA) is 3.24 Å². The minimum atomic E-state index is -0.0974. The largest absolute Gasteiger partial charge is 0.302 e. The van der Waals surface area contributed by atoms with Crippen LogP contribution >= 0.6 is 0 Å². The molecule has 0 saturated carbocycles. The van der Waals surface area contributed by atoms with Crippen molar-refractivity contribution >= 4 is 0 Å². The van der Waals surface area contributed by atoms with E-state index in [1.165, 1.54) is 25.3 Å². The minimum absolute atomic E-state index is 0.0974. The first kappa shape index (κ1) is 12.2. The highest BCUT2D eigenvalue weighted by Crippen LogP contribution is 2.09. The fourth-order valence-corrected chi connectivity index (χ4v) is 1.63. The third-order valence-electron chi connectivity index (χ3n) is 2.54. The van der Waals surface area contributed by atoms with E-state index in [9.17, 15) is 4.39 Å². The molecule has 1 rings (SSSR count). The van der Waals surface area contributed by atoms with E-state index in [1.807, 2.05) is 19.2 Å². The molecule has 0 atom stereocenters. The van der Waals surface area contributed by atoms with E-state index in [0.717, 1.165) is 12.1 Å². The quantitative estimate of drug-likeness (QED) is 0.649. The summed E-state index contributed by atoms with van der Waals surface area (Å²) in [6.45, 7) is 3.94. The first-order chi connectivity index (χ1) is 7.24. The van der Waals surface area contributed by atoms with Crippen LogP contribution < -0.4 is 0 Å². The van der Waals surface area contributed by atoms with Crippen LogP contribution in [0.25, 0.3) is 0 Å². The first-order valence-corrected chi connectivity index (χ1v) is 5.66. The number of halogens is 1. The van der Waals surface area contributed by atoms with Crippen molar-refractivity contribution in [3.8, 4) is 0 Å². The molecule has 1 nitrogen and oxygen atoms in total. The van der Waals surface area contributed by atoms with Gasteiger partial charge in [-0.15, -0.1) is 0 Å². The van der Waals surface area contributed by atoms with Crippen molar-refractivity contribution in [2.24, 2.45) is 0 Å². The SMILES string of the molecule is CCCCCN(C)Cc1ccccc1F. The van der Waals surface area contributed by atoms with Crippen LogP contribution in [0.2, 0.25) is 0 Å². The summed E-state index contributed by atoms with van der Waals surface area (Å²) in [5, 5.41) is 0. The highest BCUT2D eigenvalue weighted by Gasteiger charge is 2.03. The third kappa shape index (κ3) is 4.43. The van der Waals surface area contributed by atoms with Gasteiger partial charge < -0.3 is 4.90 Å². The van der Waals surface area contributed by atoms with E-state index in [-0.39, 0.29) is 5.82 Å². The van der Waals surface area contributed by atoms with E-state index < -0.39 is 0 Å². The van der Waals surface area contributed by atoms with Crippen molar-refractivity contribution in [1.29, 1.82) is 0 Å². The fraction of sp³-hybridized carbons (Fsp3) is 0.538. The number of unbranched alkanes of at least 4 members (excludes halogenated alkanes) is 2. The zero-order valence-electron chi connectivity index (χ0n) is 9.67. The molecule has 1 aromatic rings. The van der Waals surface area contributed by atoms with Crippen LogP contribution in [0, 0.1) is 5.82 Å². The lowest BCUT2D eigenvalue weighted by atomic mass is 10.2. The third-order valence-corrected chi connectivity index (χ3v) is 2.54. The predicted molar refractivity (Wildman–Crippen MR) is 62.3 cm³/mol. The monoisotopic (exact) mass is 209 g/mol. The second kappa shape index (κ2) is 6.57. The second-order valence-electron chi connectivity index (χ2n) is 4.04. The van der Waals surface area contributed by atoms with E-state index >= 15 is 0 Å². The molecule has 0 aliphatic heterocycles. The fourth-order valence-electron chi connectivity index (χ4n) is 1.63. The summed E-state index contributed by atoms with van der Waals surface area (Å²) in [6, 6.07) is 7.00. The van der Waals surface area contributed by atoms with Gasteiger partial charge in [0.2, 0.25) is 0 Å². The Balaban J connectivity index is 2.37. The summed E-state index contributed by atoms with van der Waals surface area (Å²) >= 11 is 0. The van der Waals surface area contributed by atoms with Gasteiger partial charge in [-0.3, -0.25) is 0 Å². The average molecular weight is 209 g/mol. The Kier molecular flexibility index (Phi) is 5.33. The number of benzene rings is 1. The Morgan fingerprint density at radius 3 is 2.60 bits per heavy atom. The molecule has 84 valence electrons. The van der Waals surface area contributed by atoms with Gasteiger partial charge in [0, 0.05) is 12.1 Å². The van der Waals surface area contributed by atoms with Gasteiger partial charge in [-0.1, -0.05) is 38.0 Å². The Hall–Kier alpha value is -0.890. The summed E-state index contributed by atoms with van der Waals surface area (Å²) in [6.07, 6.45) is 3.68. The van der Waals surface area contributed by atoms with Gasteiger partial charge in [-0.2, -0.15) is 0 Å². The molecule has 0 saturated heterocycles. The summed E-state index contributed by atoms with van der Waals surface area (Å²) in [5.41, 5.74) is 0.788. The summed E-state index contributed by atoms with van der Waals surface area (Å²) in [5.74, 6) is -0.0974. The minimum Gasteiger partial charge on any atom is -0.302 e. The van der Waals surface area contributed by atoms with Gasteiger partial charge >= 0.3 is 0 Å². The van der Waals surface area contributed by atoms with Gasteiger partial charge in [0.25, 0.3) is 0 Å². The molecular formula is C13H20FN. The van der Waals surface area contributed by atoms with Crippen molar-refractivity contribution in [1.82, 2.24) is 4.90 Å². The van der Waals surface area contributed by atoms with Crippen molar-refractivity contribution in [2.75, 3.05) is 13.6 Å². The van der Waals surface area contributed by atoms with Crippen molar-refractivity contribution in [3.63, 3.8) is 0 Å². The van der Waals surface area contributed by atoms with E-state index in [4.69, 9.17) is 0 Å². The number of hydrogen-bond donors (Lipinski definition) is 0. The van der Waals surface area contributed by atoms with Gasteiger partial charge in [0.15, 0.2) is 0 Å². The Labute approximate surface area is 91.9 Å². The Bertz CT molecular complexity index is 286. The standard InChI is InChI=1S/C13H20FN/c1-3-4-7-10-15(2)11-12-8-5-6-9-13(12)14/h5-6,8-9H,3-4,7,10-11H2,1-2H3.